The zero-order valence-corrected chi connectivity index (χ0v) is 8.74. The standard InChI is InChI=1S/C11H13NO3/c1-8-9(6-7-10(13)12-8)4-3-5-11(14)15-2/h3-4,6-7H,5H2,1-2H3,(H,12,13). The molecule has 0 radical (unpaired) electrons. The minimum absolute atomic E-state index is 0.127. The van der Waals surface area contributed by atoms with E-state index in [1.54, 1.807) is 25.1 Å². The van der Waals surface area contributed by atoms with E-state index in [4.69, 9.17) is 0 Å². The number of carbonyl (C=O) groups is 1. The third kappa shape index (κ3) is 3.42. The predicted molar refractivity (Wildman–Crippen MR) is 57.5 cm³/mol. The van der Waals surface area contributed by atoms with E-state index in [2.05, 4.69) is 9.72 Å². The Bertz CT molecular complexity index is 432. The van der Waals surface area contributed by atoms with Gasteiger partial charge in [0.2, 0.25) is 5.56 Å². The molecule has 0 aliphatic carbocycles. The Morgan fingerprint density at radius 1 is 1.53 bits per heavy atom. The van der Waals surface area contributed by atoms with E-state index in [1.807, 2.05) is 0 Å². The lowest BCUT2D eigenvalue weighted by molar-refractivity contribution is -0.139. The highest BCUT2D eigenvalue weighted by Crippen LogP contribution is 2.04. The third-order valence-corrected chi connectivity index (χ3v) is 1.97. The van der Waals surface area contributed by atoms with Gasteiger partial charge in [-0.3, -0.25) is 9.59 Å². The van der Waals surface area contributed by atoms with Crippen molar-refractivity contribution in [3.05, 3.63) is 39.8 Å². The summed E-state index contributed by atoms with van der Waals surface area (Å²) < 4.78 is 4.49. The van der Waals surface area contributed by atoms with E-state index >= 15 is 0 Å². The van der Waals surface area contributed by atoms with Crippen LogP contribution in [0.5, 0.6) is 0 Å². The highest BCUT2D eigenvalue weighted by molar-refractivity contribution is 5.72. The fraction of sp³-hybridized carbons (Fsp3) is 0.273. The van der Waals surface area contributed by atoms with Crippen LogP contribution < -0.4 is 5.56 Å². The van der Waals surface area contributed by atoms with Crippen LogP contribution in [0, 0.1) is 6.92 Å². The second kappa shape index (κ2) is 5.14. The zero-order valence-electron chi connectivity index (χ0n) is 8.74. The SMILES string of the molecule is COC(=O)CC=Cc1ccc(=O)[nH]c1C. The Morgan fingerprint density at radius 2 is 2.27 bits per heavy atom. The van der Waals surface area contributed by atoms with Crippen molar-refractivity contribution in [1.29, 1.82) is 0 Å². The van der Waals surface area contributed by atoms with Crippen LogP contribution in [-0.2, 0) is 9.53 Å². The molecule has 0 unspecified atom stereocenters. The molecule has 15 heavy (non-hydrogen) atoms. The van der Waals surface area contributed by atoms with E-state index in [0.717, 1.165) is 11.3 Å². The summed E-state index contributed by atoms with van der Waals surface area (Å²) in [6.07, 6.45) is 3.71. The molecule has 0 aromatic carbocycles. The number of aromatic nitrogens is 1. The first-order chi connectivity index (χ1) is 7.13. The minimum Gasteiger partial charge on any atom is -0.469 e. The molecule has 0 saturated carbocycles. The molecule has 4 nitrogen and oxygen atoms in total. The molecule has 0 saturated heterocycles. The van der Waals surface area contributed by atoms with Gasteiger partial charge in [-0.2, -0.15) is 0 Å². The summed E-state index contributed by atoms with van der Waals surface area (Å²) in [5.74, 6) is -0.284. The Labute approximate surface area is 87.6 Å². The van der Waals surface area contributed by atoms with E-state index in [-0.39, 0.29) is 17.9 Å². The fourth-order valence-electron chi connectivity index (χ4n) is 1.14. The minimum atomic E-state index is -0.284. The molecule has 0 bridgehead atoms. The average Bonchev–Trinajstić information content (AvgIpc) is 2.21. The summed E-state index contributed by atoms with van der Waals surface area (Å²) in [5.41, 5.74) is 1.54. The number of aryl methyl sites for hydroxylation is 1. The Balaban J connectivity index is 2.72. The van der Waals surface area contributed by atoms with Gasteiger partial charge in [0, 0.05) is 11.8 Å². The maximum absolute atomic E-state index is 10.9. The Kier molecular flexibility index (Phi) is 3.85. The number of esters is 1. The molecule has 0 amide bonds. The zero-order chi connectivity index (χ0) is 11.3. The molecule has 0 aliphatic rings. The largest absolute Gasteiger partial charge is 0.469 e. The lowest BCUT2D eigenvalue weighted by atomic mass is 10.2. The maximum Gasteiger partial charge on any atom is 0.309 e. The molecule has 1 aromatic rings. The molecule has 1 heterocycles. The number of H-pyrrole nitrogens is 1. The second-order valence-electron chi connectivity index (χ2n) is 3.09. The first kappa shape index (κ1) is 11.2. The van der Waals surface area contributed by atoms with Crippen molar-refractivity contribution >= 4 is 12.0 Å². The summed E-state index contributed by atoms with van der Waals surface area (Å²) in [6, 6.07) is 3.16. The van der Waals surface area contributed by atoms with Crippen LogP contribution in [-0.4, -0.2) is 18.1 Å². The normalized spacial score (nSPS) is 10.5. The molecule has 1 N–H and O–H groups in total. The van der Waals surface area contributed by atoms with Gasteiger partial charge in [0.25, 0.3) is 0 Å². The number of pyridine rings is 1. The number of ether oxygens (including phenoxy) is 1. The first-order valence-corrected chi connectivity index (χ1v) is 4.57. The lowest BCUT2D eigenvalue weighted by Crippen LogP contribution is -2.05. The van der Waals surface area contributed by atoms with Crippen LogP contribution >= 0.6 is 0 Å². The van der Waals surface area contributed by atoms with Gasteiger partial charge >= 0.3 is 5.97 Å². The van der Waals surface area contributed by atoms with Crippen LogP contribution in [0.4, 0.5) is 0 Å². The summed E-state index contributed by atoms with van der Waals surface area (Å²) >= 11 is 0. The summed E-state index contributed by atoms with van der Waals surface area (Å²) in [7, 11) is 1.35. The van der Waals surface area contributed by atoms with Crippen LogP contribution in [0.25, 0.3) is 6.08 Å². The monoisotopic (exact) mass is 207 g/mol. The van der Waals surface area contributed by atoms with Gasteiger partial charge < -0.3 is 9.72 Å². The number of hydrogen-bond acceptors (Lipinski definition) is 3. The number of rotatable bonds is 3. The van der Waals surface area contributed by atoms with Crippen molar-refractivity contribution in [2.75, 3.05) is 7.11 Å². The summed E-state index contributed by atoms with van der Waals surface area (Å²) in [4.78, 5) is 24.4. The van der Waals surface area contributed by atoms with Gasteiger partial charge in [-0.25, -0.2) is 0 Å². The van der Waals surface area contributed by atoms with E-state index in [0.29, 0.717) is 0 Å². The molecule has 0 spiro atoms. The molecule has 4 heteroatoms. The number of hydrogen-bond donors (Lipinski definition) is 1. The highest BCUT2D eigenvalue weighted by atomic mass is 16.5. The number of nitrogens with one attached hydrogen (secondary N) is 1. The van der Waals surface area contributed by atoms with Crippen LogP contribution in [0.3, 0.4) is 0 Å². The number of aromatic amines is 1. The summed E-state index contributed by atoms with van der Waals surface area (Å²) in [5, 5.41) is 0. The molecular formula is C11H13NO3. The van der Waals surface area contributed by atoms with Gasteiger partial charge in [-0.05, 0) is 18.6 Å². The smallest absolute Gasteiger partial charge is 0.309 e. The maximum atomic E-state index is 10.9. The van der Waals surface area contributed by atoms with Crippen LogP contribution in [0.1, 0.15) is 17.7 Å². The first-order valence-electron chi connectivity index (χ1n) is 4.57. The van der Waals surface area contributed by atoms with Crippen LogP contribution in [0.15, 0.2) is 23.0 Å². The van der Waals surface area contributed by atoms with E-state index in [9.17, 15) is 9.59 Å². The van der Waals surface area contributed by atoms with Gasteiger partial charge in [-0.1, -0.05) is 12.2 Å². The predicted octanol–water partition coefficient (Wildman–Crippen LogP) is 1.26. The molecule has 0 aliphatic heterocycles. The van der Waals surface area contributed by atoms with Gasteiger partial charge in [0.15, 0.2) is 0 Å². The van der Waals surface area contributed by atoms with Crippen molar-refractivity contribution < 1.29 is 9.53 Å². The van der Waals surface area contributed by atoms with Gasteiger partial charge in [-0.15, -0.1) is 0 Å². The molecular weight excluding hydrogens is 194 g/mol. The van der Waals surface area contributed by atoms with Gasteiger partial charge in [0.1, 0.15) is 0 Å². The number of methoxy groups -OCH3 is 1. The van der Waals surface area contributed by atoms with Crippen LogP contribution in [0.2, 0.25) is 0 Å². The average molecular weight is 207 g/mol. The highest BCUT2D eigenvalue weighted by Gasteiger charge is 1.96. The van der Waals surface area contributed by atoms with Crippen molar-refractivity contribution in [3.63, 3.8) is 0 Å². The molecule has 80 valence electrons. The molecule has 0 atom stereocenters. The molecule has 0 fully saturated rings. The topological polar surface area (TPSA) is 59.2 Å². The fourth-order valence-corrected chi connectivity index (χ4v) is 1.14. The summed E-state index contributed by atoms with van der Waals surface area (Å²) in [6.45, 7) is 1.80. The molecule has 1 aromatic heterocycles. The quantitative estimate of drug-likeness (QED) is 0.759. The Morgan fingerprint density at radius 3 is 2.87 bits per heavy atom. The van der Waals surface area contributed by atoms with E-state index in [1.165, 1.54) is 13.2 Å². The van der Waals surface area contributed by atoms with Gasteiger partial charge in [0.05, 0.1) is 13.5 Å². The Hall–Kier alpha value is -1.84. The van der Waals surface area contributed by atoms with E-state index < -0.39 is 0 Å². The van der Waals surface area contributed by atoms with Crippen molar-refractivity contribution in [3.8, 4) is 0 Å². The van der Waals surface area contributed by atoms with Crippen molar-refractivity contribution in [2.24, 2.45) is 0 Å². The number of carbonyl (C=O) groups excluding carboxylic acids is 1. The van der Waals surface area contributed by atoms with Crippen molar-refractivity contribution in [1.82, 2.24) is 4.98 Å². The lowest BCUT2D eigenvalue weighted by Gasteiger charge is -1.98. The van der Waals surface area contributed by atoms with Crippen molar-refractivity contribution in [2.45, 2.75) is 13.3 Å². The third-order valence-electron chi connectivity index (χ3n) is 1.97. The second-order valence-corrected chi connectivity index (χ2v) is 3.09. The molecule has 1 rings (SSSR count).